The number of rotatable bonds is 9. The SMILES string of the molecule is COC.COC.COC.COc1nc(OC)nc(OC)n1.c1ccc(-c2cn(-c3ccccc3)nn2)cc1.c1ccc(-c2cn(-c3ccccc3)nn2)cc1.c1ccc(-c2cn(-c3ccccc3)nn2)cc1. The largest absolute Gasteiger partial charge is 0.467 e. The van der Waals surface area contributed by atoms with Crippen molar-refractivity contribution in [1.82, 2.24) is 59.9 Å². The van der Waals surface area contributed by atoms with Crippen molar-refractivity contribution in [3.63, 3.8) is 0 Å². The van der Waals surface area contributed by atoms with Crippen molar-refractivity contribution in [3.8, 4) is 68.9 Å². The average molecular weight is 973 g/mol. The van der Waals surface area contributed by atoms with E-state index in [1.165, 1.54) is 21.3 Å². The Morgan fingerprint density at radius 2 is 0.472 bits per heavy atom. The van der Waals surface area contributed by atoms with Crippen LogP contribution in [-0.4, -0.2) is 124 Å². The number of ether oxygens (including phenoxy) is 6. The molecule has 0 radical (unpaired) electrons. The van der Waals surface area contributed by atoms with Crippen LogP contribution in [0.2, 0.25) is 0 Å². The zero-order valence-corrected chi connectivity index (χ0v) is 41.9. The summed E-state index contributed by atoms with van der Waals surface area (Å²) in [5.41, 5.74) is 8.93. The van der Waals surface area contributed by atoms with E-state index in [1.807, 2.05) is 201 Å². The molecular weight excluding hydrogens is 913 g/mol. The lowest BCUT2D eigenvalue weighted by Gasteiger charge is -2.02. The number of benzene rings is 6. The van der Waals surface area contributed by atoms with Crippen LogP contribution < -0.4 is 14.2 Å². The molecule has 0 atom stereocenters. The van der Waals surface area contributed by atoms with Crippen molar-refractivity contribution in [3.05, 3.63) is 201 Å². The molecule has 0 saturated carbocycles. The summed E-state index contributed by atoms with van der Waals surface area (Å²) in [5, 5.41) is 24.9. The molecule has 0 bridgehead atoms. The molecule has 0 aliphatic rings. The Hall–Kier alpha value is -8.97. The number of hydrogen-bond acceptors (Lipinski definition) is 15. The summed E-state index contributed by atoms with van der Waals surface area (Å²) in [4.78, 5) is 11.3. The lowest BCUT2D eigenvalue weighted by molar-refractivity contribution is 0.277. The molecule has 6 aromatic carbocycles. The van der Waals surface area contributed by atoms with Crippen LogP contribution in [0, 0.1) is 0 Å². The molecule has 0 spiro atoms. The standard InChI is InChI=1S/3C14H11N3.C6H9N3O3.3C2H6O/c3*1-3-7-12(8-4-1)14-11-17(16-15-14)13-9-5-2-6-10-13;1-10-4-7-5(11-2)9-6(8-4)12-3;3*1-3-2/h3*1-11H;1-3H3;3*1-2H3. The van der Waals surface area contributed by atoms with Crippen molar-refractivity contribution in [2.75, 3.05) is 64.0 Å². The van der Waals surface area contributed by atoms with Gasteiger partial charge in [0.15, 0.2) is 0 Å². The minimum atomic E-state index is 0.165. The lowest BCUT2D eigenvalue weighted by atomic mass is 10.2. The molecule has 0 fully saturated rings. The Morgan fingerprint density at radius 1 is 0.278 bits per heavy atom. The van der Waals surface area contributed by atoms with Crippen LogP contribution in [0.4, 0.5) is 0 Å². The second kappa shape index (κ2) is 32.7. The molecule has 0 N–H and O–H groups in total. The minimum Gasteiger partial charge on any atom is -0.467 e. The maximum Gasteiger partial charge on any atom is 0.325 e. The van der Waals surface area contributed by atoms with E-state index in [2.05, 4.69) is 60.1 Å². The monoisotopic (exact) mass is 972 g/mol. The Bertz CT molecular complexity index is 2420. The smallest absolute Gasteiger partial charge is 0.325 e. The van der Waals surface area contributed by atoms with Crippen LogP contribution in [-0.2, 0) is 14.2 Å². The zero-order chi connectivity index (χ0) is 51.6. The fourth-order valence-corrected chi connectivity index (χ4v) is 5.73. The summed E-state index contributed by atoms with van der Waals surface area (Å²) >= 11 is 0. The van der Waals surface area contributed by atoms with Gasteiger partial charge in [-0.1, -0.05) is 161 Å². The normalized spacial score (nSPS) is 9.62. The van der Waals surface area contributed by atoms with Crippen LogP contribution in [0.5, 0.6) is 18.0 Å². The summed E-state index contributed by atoms with van der Waals surface area (Å²) in [6.07, 6.45) is 5.81. The zero-order valence-electron chi connectivity index (χ0n) is 41.9. The van der Waals surface area contributed by atoms with Crippen molar-refractivity contribution in [2.45, 2.75) is 0 Å². The van der Waals surface area contributed by atoms with Crippen LogP contribution >= 0.6 is 0 Å². The van der Waals surface area contributed by atoms with E-state index in [4.69, 9.17) is 14.2 Å². The first-order valence-corrected chi connectivity index (χ1v) is 22.0. The second-order valence-corrected chi connectivity index (χ2v) is 14.3. The van der Waals surface area contributed by atoms with E-state index in [-0.39, 0.29) is 18.0 Å². The minimum absolute atomic E-state index is 0.165. The summed E-state index contributed by atoms with van der Waals surface area (Å²) in [7, 11) is 14.1. The maximum absolute atomic E-state index is 4.78. The van der Waals surface area contributed by atoms with E-state index in [0.29, 0.717) is 0 Å². The van der Waals surface area contributed by atoms with Gasteiger partial charge in [-0.25, -0.2) is 14.0 Å². The van der Waals surface area contributed by atoms with Gasteiger partial charge in [0.05, 0.1) is 57.0 Å². The van der Waals surface area contributed by atoms with Crippen molar-refractivity contribution >= 4 is 0 Å². The van der Waals surface area contributed by atoms with Crippen LogP contribution in [0.3, 0.4) is 0 Å². The predicted molar refractivity (Wildman–Crippen MR) is 279 cm³/mol. The predicted octanol–water partition coefficient (Wildman–Crippen LogP) is 9.49. The van der Waals surface area contributed by atoms with Crippen LogP contribution in [0.1, 0.15) is 0 Å². The maximum atomic E-state index is 4.78. The Balaban J connectivity index is 0.000000198. The van der Waals surface area contributed by atoms with E-state index in [1.54, 1.807) is 56.7 Å². The van der Waals surface area contributed by atoms with Gasteiger partial charge >= 0.3 is 18.0 Å². The molecule has 0 aliphatic heterocycles. The van der Waals surface area contributed by atoms with Gasteiger partial charge in [-0.15, -0.1) is 30.2 Å². The van der Waals surface area contributed by atoms with Gasteiger partial charge in [0, 0.05) is 59.3 Å². The Morgan fingerprint density at radius 3 is 0.667 bits per heavy atom. The third kappa shape index (κ3) is 18.8. The van der Waals surface area contributed by atoms with Gasteiger partial charge in [0.25, 0.3) is 0 Å². The van der Waals surface area contributed by atoms with Gasteiger partial charge in [-0.3, -0.25) is 0 Å². The molecule has 10 rings (SSSR count). The van der Waals surface area contributed by atoms with Gasteiger partial charge in [0.1, 0.15) is 17.1 Å². The molecule has 4 heterocycles. The highest BCUT2D eigenvalue weighted by atomic mass is 16.5. The average Bonchev–Trinajstić information content (AvgIpc) is 4.27. The molecule has 0 unspecified atom stereocenters. The third-order valence-electron chi connectivity index (χ3n) is 8.87. The quantitative estimate of drug-likeness (QED) is 0.133. The van der Waals surface area contributed by atoms with Gasteiger partial charge in [-0.2, -0.15) is 0 Å². The van der Waals surface area contributed by atoms with Gasteiger partial charge in [-0.05, 0) is 36.4 Å². The van der Waals surface area contributed by atoms with Gasteiger partial charge < -0.3 is 28.4 Å². The summed E-state index contributed by atoms with van der Waals surface area (Å²) < 4.78 is 32.4. The molecule has 4 aromatic heterocycles. The third-order valence-corrected chi connectivity index (χ3v) is 8.87. The molecule has 18 heteroatoms. The van der Waals surface area contributed by atoms with Gasteiger partial charge in [0.2, 0.25) is 0 Å². The summed E-state index contributed by atoms with van der Waals surface area (Å²) in [5.74, 6) is 0. The van der Waals surface area contributed by atoms with Crippen molar-refractivity contribution < 1.29 is 28.4 Å². The summed E-state index contributed by atoms with van der Waals surface area (Å²) in [6.45, 7) is 0. The van der Waals surface area contributed by atoms with E-state index in [0.717, 1.165) is 50.8 Å². The first-order valence-electron chi connectivity index (χ1n) is 22.0. The van der Waals surface area contributed by atoms with Crippen molar-refractivity contribution in [1.29, 1.82) is 0 Å². The number of nitrogens with zero attached hydrogens (tertiary/aromatic N) is 12. The molecule has 72 heavy (non-hydrogen) atoms. The van der Waals surface area contributed by atoms with Crippen LogP contribution in [0.25, 0.3) is 50.8 Å². The van der Waals surface area contributed by atoms with Crippen molar-refractivity contribution in [2.24, 2.45) is 0 Å². The highest BCUT2D eigenvalue weighted by Gasteiger charge is 2.08. The molecule has 10 aromatic rings. The Kier molecular flexibility index (Phi) is 25.3. The first kappa shape index (κ1) is 55.6. The van der Waals surface area contributed by atoms with Crippen LogP contribution in [0.15, 0.2) is 201 Å². The van der Waals surface area contributed by atoms with E-state index < -0.39 is 0 Å². The lowest BCUT2D eigenvalue weighted by Crippen LogP contribution is -2.01. The Labute approximate surface area is 420 Å². The van der Waals surface area contributed by atoms with E-state index >= 15 is 0 Å². The molecule has 0 amide bonds. The topological polar surface area (TPSA) is 186 Å². The first-order chi connectivity index (χ1) is 35.3. The molecule has 0 aliphatic carbocycles. The fourth-order valence-electron chi connectivity index (χ4n) is 5.73. The highest BCUT2D eigenvalue weighted by Crippen LogP contribution is 2.19. The number of aromatic nitrogens is 12. The molecule has 372 valence electrons. The molecular formula is C54H60N12O6. The number of hydrogen-bond donors (Lipinski definition) is 0. The summed E-state index contributed by atoms with van der Waals surface area (Å²) in [6, 6.07) is 60.5. The second-order valence-electron chi connectivity index (χ2n) is 14.3. The highest BCUT2D eigenvalue weighted by molar-refractivity contribution is 5.59. The molecule has 0 saturated heterocycles. The van der Waals surface area contributed by atoms with E-state index in [9.17, 15) is 0 Å². The molecule has 18 nitrogen and oxygen atoms in total. The number of para-hydroxylation sites is 3. The fraction of sp³-hybridized carbons (Fsp3) is 0.167. The number of methoxy groups -OCH3 is 6.